The summed E-state index contributed by atoms with van der Waals surface area (Å²) >= 11 is 0. The molecule has 1 saturated carbocycles. The van der Waals surface area contributed by atoms with Crippen molar-refractivity contribution in [3.8, 4) is 0 Å². The summed E-state index contributed by atoms with van der Waals surface area (Å²) in [6.45, 7) is 2.86. The molecule has 0 N–H and O–H groups in total. The average molecular weight is 293 g/mol. The molecule has 0 radical (unpaired) electrons. The number of nitrogens with zero attached hydrogens (tertiary/aromatic N) is 1. The molecule has 0 atom stereocenters. The second-order valence-electron chi connectivity index (χ2n) is 5.15. The Kier molecular flexibility index (Phi) is 5.27. The largest absolute Gasteiger partial charge is 0.459 e. The van der Waals surface area contributed by atoms with Crippen LogP contribution >= 0.6 is 0 Å². The van der Waals surface area contributed by atoms with E-state index in [0.29, 0.717) is 5.56 Å². The van der Waals surface area contributed by atoms with Crippen LogP contribution in [0.25, 0.3) is 0 Å². The van der Waals surface area contributed by atoms with Crippen molar-refractivity contribution in [2.24, 2.45) is 0 Å². The summed E-state index contributed by atoms with van der Waals surface area (Å²) in [4.78, 5) is 21.9. The smallest absolute Gasteiger partial charge is 0.338 e. The van der Waals surface area contributed by atoms with E-state index in [1.54, 1.807) is 0 Å². The van der Waals surface area contributed by atoms with E-state index in [4.69, 9.17) is 9.47 Å². The third-order valence-electron chi connectivity index (χ3n) is 3.49. The molecule has 1 aromatic carbocycles. The first-order chi connectivity index (χ1) is 10.1. The SMILES string of the molecule is CCCCOC1CC(OC(=O)c2ccc([N+](=O)[O-])cc2)C1. The molecular weight excluding hydrogens is 274 g/mol. The molecule has 0 unspecified atom stereocenters. The number of non-ortho nitro benzene ring substituents is 1. The summed E-state index contributed by atoms with van der Waals surface area (Å²) in [6, 6.07) is 5.42. The van der Waals surface area contributed by atoms with Gasteiger partial charge in [0.05, 0.1) is 16.6 Å². The highest BCUT2D eigenvalue weighted by Gasteiger charge is 2.33. The molecule has 0 saturated heterocycles. The van der Waals surface area contributed by atoms with E-state index >= 15 is 0 Å². The van der Waals surface area contributed by atoms with Gasteiger partial charge in [-0.2, -0.15) is 0 Å². The van der Waals surface area contributed by atoms with Crippen LogP contribution in [0.1, 0.15) is 43.0 Å². The van der Waals surface area contributed by atoms with Crippen LogP contribution in [-0.4, -0.2) is 29.7 Å². The van der Waals surface area contributed by atoms with Gasteiger partial charge in [-0.1, -0.05) is 13.3 Å². The van der Waals surface area contributed by atoms with Crippen molar-refractivity contribution < 1.29 is 19.2 Å². The maximum atomic E-state index is 11.9. The number of rotatable bonds is 7. The summed E-state index contributed by atoms with van der Waals surface area (Å²) in [5.74, 6) is -0.443. The van der Waals surface area contributed by atoms with Crippen molar-refractivity contribution in [1.82, 2.24) is 0 Å². The van der Waals surface area contributed by atoms with Gasteiger partial charge < -0.3 is 9.47 Å². The fraction of sp³-hybridized carbons (Fsp3) is 0.533. The second-order valence-corrected chi connectivity index (χ2v) is 5.15. The molecule has 0 aromatic heterocycles. The van der Waals surface area contributed by atoms with Crippen molar-refractivity contribution in [2.45, 2.75) is 44.8 Å². The Morgan fingerprint density at radius 1 is 1.29 bits per heavy atom. The summed E-state index contributed by atoms with van der Waals surface area (Å²) in [6.07, 6.45) is 3.67. The number of nitro benzene ring substituents is 1. The minimum atomic E-state index is -0.501. The molecule has 0 aliphatic heterocycles. The first-order valence-electron chi connectivity index (χ1n) is 7.17. The molecule has 6 nitrogen and oxygen atoms in total. The van der Waals surface area contributed by atoms with Crippen LogP contribution in [0.4, 0.5) is 5.69 Å². The van der Waals surface area contributed by atoms with Crippen molar-refractivity contribution in [1.29, 1.82) is 0 Å². The zero-order chi connectivity index (χ0) is 15.2. The van der Waals surface area contributed by atoms with E-state index in [2.05, 4.69) is 6.92 Å². The Bertz CT molecular complexity index is 493. The van der Waals surface area contributed by atoms with Gasteiger partial charge in [0.25, 0.3) is 5.69 Å². The average Bonchev–Trinajstić information content (AvgIpc) is 2.44. The number of ether oxygens (including phenoxy) is 2. The van der Waals surface area contributed by atoms with E-state index in [9.17, 15) is 14.9 Å². The van der Waals surface area contributed by atoms with Crippen molar-refractivity contribution >= 4 is 11.7 Å². The maximum Gasteiger partial charge on any atom is 0.338 e. The zero-order valence-corrected chi connectivity index (χ0v) is 12.0. The highest BCUT2D eigenvalue weighted by molar-refractivity contribution is 5.89. The minimum absolute atomic E-state index is 0.0421. The van der Waals surface area contributed by atoms with Gasteiger partial charge in [-0.05, 0) is 18.6 Å². The molecule has 2 rings (SSSR count). The van der Waals surface area contributed by atoms with Gasteiger partial charge in [-0.3, -0.25) is 10.1 Å². The van der Waals surface area contributed by atoms with Crippen molar-refractivity contribution in [3.63, 3.8) is 0 Å². The first-order valence-corrected chi connectivity index (χ1v) is 7.17. The summed E-state index contributed by atoms with van der Waals surface area (Å²) < 4.78 is 10.9. The van der Waals surface area contributed by atoms with Crippen molar-refractivity contribution in [3.05, 3.63) is 39.9 Å². The molecule has 1 fully saturated rings. The summed E-state index contributed by atoms with van der Waals surface area (Å²) in [5, 5.41) is 10.5. The predicted octanol–water partition coefficient (Wildman–Crippen LogP) is 3.10. The lowest BCUT2D eigenvalue weighted by atomic mass is 9.92. The van der Waals surface area contributed by atoms with Crippen LogP contribution in [0, 0.1) is 10.1 Å². The third kappa shape index (κ3) is 4.26. The van der Waals surface area contributed by atoms with Gasteiger partial charge >= 0.3 is 5.97 Å². The topological polar surface area (TPSA) is 78.7 Å². The number of hydrogen-bond acceptors (Lipinski definition) is 5. The van der Waals surface area contributed by atoms with Crippen LogP contribution < -0.4 is 0 Å². The normalized spacial score (nSPS) is 20.6. The molecular formula is C15H19NO5. The maximum absolute atomic E-state index is 11.9. The number of nitro groups is 1. The molecule has 114 valence electrons. The van der Waals surface area contributed by atoms with Gasteiger partial charge in [0.2, 0.25) is 0 Å². The molecule has 0 bridgehead atoms. The van der Waals surface area contributed by atoms with E-state index in [1.165, 1.54) is 24.3 Å². The lowest BCUT2D eigenvalue weighted by molar-refractivity contribution is -0.384. The van der Waals surface area contributed by atoms with Crippen LogP contribution in [0.2, 0.25) is 0 Å². The van der Waals surface area contributed by atoms with Crippen LogP contribution in [0.3, 0.4) is 0 Å². The zero-order valence-electron chi connectivity index (χ0n) is 12.0. The highest BCUT2D eigenvalue weighted by atomic mass is 16.6. The molecule has 1 aliphatic rings. The fourth-order valence-corrected chi connectivity index (χ4v) is 2.08. The summed E-state index contributed by atoms with van der Waals surface area (Å²) in [5.41, 5.74) is 0.288. The van der Waals surface area contributed by atoms with Gasteiger partial charge in [0, 0.05) is 31.6 Å². The molecule has 6 heteroatoms. The number of benzene rings is 1. The number of carbonyl (C=O) groups excluding carboxylic acids is 1. The van der Waals surface area contributed by atoms with Gasteiger partial charge in [-0.15, -0.1) is 0 Å². The molecule has 0 amide bonds. The quantitative estimate of drug-likeness (QED) is 0.334. The number of unbranched alkanes of at least 4 members (excludes halogenated alkanes) is 1. The van der Waals surface area contributed by atoms with Crippen LogP contribution in [0.15, 0.2) is 24.3 Å². The Morgan fingerprint density at radius 2 is 1.95 bits per heavy atom. The predicted molar refractivity (Wildman–Crippen MR) is 76.2 cm³/mol. The Labute approximate surface area is 123 Å². The molecule has 0 spiro atoms. The summed E-state index contributed by atoms with van der Waals surface area (Å²) in [7, 11) is 0. The highest BCUT2D eigenvalue weighted by Crippen LogP contribution is 2.27. The second kappa shape index (κ2) is 7.17. The third-order valence-corrected chi connectivity index (χ3v) is 3.49. The van der Waals surface area contributed by atoms with Gasteiger partial charge in [-0.25, -0.2) is 4.79 Å². The van der Waals surface area contributed by atoms with Crippen LogP contribution in [0.5, 0.6) is 0 Å². The van der Waals surface area contributed by atoms with Crippen molar-refractivity contribution in [2.75, 3.05) is 6.61 Å². The number of carbonyl (C=O) groups is 1. The molecule has 1 aromatic rings. The Morgan fingerprint density at radius 3 is 2.52 bits per heavy atom. The monoisotopic (exact) mass is 293 g/mol. The molecule has 0 heterocycles. The van der Waals surface area contributed by atoms with E-state index in [1.807, 2.05) is 0 Å². The Balaban J connectivity index is 1.74. The first kappa shape index (κ1) is 15.4. The number of hydrogen-bond donors (Lipinski definition) is 0. The van der Waals surface area contributed by atoms with Gasteiger partial charge in [0.1, 0.15) is 6.10 Å². The standard InChI is InChI=1S/C15H19NO5/c1-2-3-8-20-13-9-14(10-13)21-15(17)11-4-6-12(7-5-11)16(18)19/h4-7,13-14H,2-3,8-10H2,1H3. The van der Waals surface area contributed by atoms with E-state index in [0.717, 1.165) is 32.3 Å². The lowest BCUT2D eigenvalue weighted by Gasteiger charge is -2.34. The molecule has 1 aliphatic carbocycles. The van der Waals surface area contributed by atoms with Crippen LogP contribution in [-0.2, 0) is 9.47 Å². The molecule has 21 heavy (non-hydrogen) atoms. The Hall–Kier alpha value is -1.95. The lowest BCUT2D eigenvalue weighted by Crippen LogP contribution is -2.39. The van der Waals surface area contributed by atoms with Gasteiger partial charge in [0.15, 0.2) is 0 Å². The fourth-order valence-electron chi connectivity index (χ4n) is 2.08. The minimum Gasteiger partial charge on any atom is -0.459 e. The number of esters is 1. The van der Waals surface area contributed by atoms with E-state index in [-0.39, 0.29) is 17.9 Å². The van der Waals surface area contributed by atoms with E-state index < -0.39 is 10.9 Å².